The Hall–Kier alpha value is -1.24. The van der Waals surface area contributed by atoms with Gasteiger partial charge in [0, 0.05) is 6.54 Å². The maximum Gasteiger partial charge on any atom is 0.287 e. The molecule has 0 bridgehead atoms. The lowest BCUT2D eigenvalue weighted by Crippen LogP contribution is -2.40. The predicted octanol–water partition coefficient (Wildman–Crippen LogP) is 4.01. The fraction of sp³-hybridized carbons (Fsp3) is 0.438. The number of rotatable bonds is 5. The number of furan rings is 2. The number of nitrogens with zero attached hydrogens (tertiary/aromatic N) is 1. The first kappa shape index (κ1) is 18.1. The predicted molar refractivity (Wildman–Crippen MR) is 92.9 cm³/mol. The van der Waals surface area contributed by atoms with E-state index in [1.807, 2.05) is 12.1 Å². The molecule has 1 aliphatic heterocycles. The van der Waals surface area contributed by atoms with Gasteiger partial charge in [0.2, 0.25) is 0 Å². The van der Waals surface area contributed by atoms with Crippen LogP contribution in [0, 0.1) is 0 Å². The molecule has 1 aliphatic rings. The molecular weight excluding hydrogens is 384 g/mol. The van der Waals surface area contributed by atoms with E-state index in [1.165, 1.54) is 19.3 Å². The van der Waals surface area contributed by atoms with Crippen LogP contribution in [-0.2, 0) is 0 Å². The molecule has 2 aromatic rings. The van der Waals surface area contributed by atoms with Crippen molar-refractivity contribution in [2.75, 3.05) is 19.6 Å². The molecule has 1 N–H and O–H groups in total. The zero-order valence-electron chi connectivity index (χ0n) is 12.7. The van der Waals surface area contributed by atoms with Gasteiger partial charge in [-0.05, 0) is 66.1 Å². The summed E-state index contributed by atoms with van der Waals surface area (Å²) >= 11 is 3.20. The van der Waals surface area contributed by atoms with Gasteiger partial charge in [-0.2, -0.15) is 0 Å². The first-order valence-corrected chi connectivity index (χ1v) is 8.34. The number of carbonyl (C=O) groups is 1. The molecule has 0 aromatic carbocycles. The Balaban J connectivity index is 0.00000192. The number of piperidine rings is 1. The molecule has 0 saturated carbocycles. The van der Waals surface area contributed by atoms with E-state index >= 15 is 0 Å². The van der Waals surface area contributed by atoms with Crippen molar-refractivity contribution in [3.63, 3.8) is 0 Å². The van der Waals surface area contributed by atoms with Crippen molar-refractivity contribution >= 4 is 34.2 Å². The lowest BCUT2D eigenvalue weighted by molar-refractivity contribution is 0.0886. The zero-order chi connectivity index (χ0) is 15.4. The summed E-state index contributed by atoms with van der Waals surface area (Å²) in [6.07, 6.45) is 5.33. The van der Waals surface area contributed by atoms with Crippen LogP contribution in [0.5, 0.6) is 0 Å². The van der Waals surface area contributed by atoms with Crippen LogP contribution < -0.4 is 5.32 Å². The van der Waals surface area contributed by atoms with E-state index in [-0.39, 0.29) is 24.4 Å². The Morgan fingerprint density at radius 3 is 2.65 bits per heavy atom. The van der Waals surface area contributed by atoms with E-state index in [2.05, 4.69) is 26.1 Å². The van der Waals surface area contributed by atoms with E-state index in [4.69, 9.17) is 8.83 Å². The molecule has 1 amide bonds. The van der Waals surface area contributed by atoms with Crippen molar-refractivity contribution in [1.29, 1.82) is 0 Å². The summed E-state index contributed by atoms with van der Waals surface area (Å²) in [5.74, 6) is 0.991. The third-order valence-corrected chi connectivity index (χ3v) is 4.38. The average Bonchev–Trinajstić information content (AvgIpc) is 3.20. The molecule has 1 saturated heterocycles. The van der Waals surface area contributed by atoms with Crippen LogP contribution in [-0.4, -0.2) is 30.4 Å². The van der Waals surface area contributed by atoms with Crippen LogP contribution in [0.2, 0.25) is 0 Å². The molecule has 1 fully saturated rings. The van der Waals surface area contributed by atoms with Gasteiger partial charge in [0.15, 0.2) is 10.4 Å². The molecule has 0 spiro atoms. The van der Waals surface area contributed by atoms with Gasteiger partial charge in [-0.3, -0.25) is 9.69 Å². The fourth-order valence-electron chi connectivity index (χ4n) is 2.83. The Kier molecular flexibility index (Phi) is 6.74. The summed E-state index contributed by atoms with van der Waals surface area (Å²) in [6, 6.07) is 7.29. The molecule has 5 nitrogen and oxygen atoms in total. The highest BCUT2D eigenvalue weighted by Crippen LogP contribution is 2.24. The maximum atomic E-state index is 12.1. The van der Waals surface area contributed by atoms with Crippen LogP contribution in [0.4, 0.5) is 0 Å². The van der Waals surface area contributed by atoms with Gasteiger partial charge in [-0.15, -0.1) is 12.4 Å². The molecule has 2 aromatic heterocycles. The third kappa shape index (κ3) is 4.62. The lowest BCUT2D eigenvalue weighted by Gasteiger charge is -2.33. The molecule has 3 heterocycles. The number of hydrogen-bond acceptors (Lipinski definition) is 4. The Bertz CT molecular complexity index is 609. The van der Waals surface area contributed by atoms with Gasteiger partial charge in [0.05, 0.1) is 12.3 Å². The van der Waals surface area contributed by atoms with E-state index < -0.39 is 0 Å². The minimum Gasteiger partial charge on any atom is -0.468 e. The minimum absolute atomic E-state index is 0. The normalized spacial score (nSPS) is 16.6. The third-order valence-electron chi connectivity index (χ3n) is 3.96. The largest absolute Gasteiger partial charge is 0.468 e. The zero-order valence-corrected chi connectivity index (χ0v) is 15.1. The van der Waals surface area contributed by atoms with Crippen molar-refractivity contribution in [3.8, 4) is 0 Å². The van der Waals surface area contributed by atoms with E-state index in [9.17, 15) is 4.79 Å². The van der Waals surface area contributed by atoms with Crippen LogP contribution >= 0.6 is 28.3 Å². The fourth-order valence-corrected chi connectivity index (χ4v) is 3.14. The van der Waals surface area contributed by atoms with Crippen molar-refractivity contribution in [2.45, 2.75) is 25.3 Å². The first-order chi connectivity index (χ1) is 10.7. The highest BCUT2D eigenvalue weighted by atomic mass is 79.9. The minimum atomic E-state index is -0.209. The molecular formula is C16H20BrClN2O3. The Morgan fingerprint density at radius 2 is 2.04 bits per heavy atom. The number of halogens is 2. The van der Waals surface area contributed by atoms with E-state index in [0.29, 0.717) is 17.0 Å². The maximum absolute atomic E-state index is 12.1. The van der Waals surface area contributed by atoms with E-state index in [1.54, 1.807) is 18.4 Å². The number of amides is 1. The standard InChI is InChI=1S/C16H19BrN2O3.ClH/c17-15-7-6-14(22-15)16(20)18-11-12(13-5-4-10-21-13)19-8-2-1-3-9-19;/h4-7,10,12H,1-3,8-9,11H2,(H,18,20);1H. The summed E-state index contributed by atoms with van der Waals surface area (Å²) in [6.45, 7) is 2.58. The quantitative estimate of drug-likeness (QED) is 0.819. The van der Waals surface area contributed by atoms with Crippen LogP contribution in [0.1, 0.15) is 41.6 Å². The highest BCUT2D eigenvalue weighted by Gasteiger charge is 2.25. The highest BCUT2D eigenvalue weighted by molar-refractivity contribution is 9.10. The molecule has 3 rings (SSSR count). The Morgan fingerprint density at radius 1 is 1.26 bits per heavy atom. The molecule has 1 atom stereocenters. The summed E-state index contributed by atoms with van der Waals surface area (Å²) in [5.41, 5.74) is 0. The summed E-state index contributed by atoms with van der Waals surface area (Å²) in [4.78, 5) is 14.5. The summed E-state index contributed by atoms with van der Waals surface area (Å²) < 4.78 is 11.4. The summed E-state index contributed by atoms with van der Waals surface area (Å²) in [5, 5.41) is 2.94. The lowest BCUT2D eigenvalue weighted by atomic mass is 10.1. The van der Waals surface area contributed by atoms with Crippen LogP contribution in [0.3, 0.4) is 0 Å². The van der Waals surface area contributed by atoms with Crippen molar-refractivity contribution in [1.82, 2.24) is 10.2 Å². The SMILES string of the molecule is Cl.O=C(NCC(c1ccco1)N1CCCCC1)c1ccc(Br)o1. The average molecular weight is 404 g/mol. The Labute approximate surface area is 149 Å². The second kappa shape index (κ2) is 8.57. The monoisotopic (exact) mass is 402 g/mol. The molecule has 7 heteroatoms. The van der Waals surface area contributed by atoms with Gasteiger partial charge in [-0.1, -0.05) is 6.42 Å². The van der Waals surface area contributed by atoms with Gasteiger partial charge in [-0.25, -0.2) is 0 Å². The van der Waals surface area contributed by atoms with Crippen molar-refractivity contribution in [3.05, 3.63) is 46.7 Å². The second-order valence-corrected chi connectivity index (χ2v) is 6.22. The molecule has 1 unspecified atom stereocenters. The molecule has 0 radical (unpaired) electrons. The summed E-state index contributed by atoms with van der Waals surface area (Å²) in [7, 11) is 0. The second-order valence-electron chi connectivity index (χ2n) is 5.44. The molecule has 0 aliphatic carbocycles. The van der Waals surface area contributed by atoms with Gasteiger partial charge < -0.3 is 14.2 Å². The van der Waals surface area contributed by atoms with Gasteiger partial charge in [0.1, 0.15) is 5.76 Å². The first-order valence-electron chi connectivity index (χ1n) is 7.55. The smallest absolute Gasteiger partial charge is 0.287 e. The number of likely N-dealkylation sites (tertiary alicyclic amines) is 1. The van der Waals surface area contributed by atoms with Gasteiger partial charge >= 0.3 is 0 Å². The van der Waals surface area contributed by atoms with Crippen LogP contribution in [0.15, 0.2) is 44.0 Å². The molecule has 23 heavy (non-hydrogen) atoms. The number of nitrogens with one attached hydrogen (secondary N) is 1. The number of carbonyl (C=O) groups excluding carboxylic acids is 1. The van der Waals surface area contributed by atoms with Crippen molar-refractivity contribution in [2.24, 2.45) is 0 Å². The molecule has 126 valence electrons. The van der Waals surface area contributed by atoms with E-state index in [0.717, 1.165) is 18.8 Å². The van der Waals surface area contributed by atoms with Gasteiger partial charge in [0.25, 0.3) is 5.91 Å². The van der Waals surface area contributed by atoms with Crippen LogP contribution in [0.25, 0.3) is 0 Å². The van der Waals surface area contributed by atoms with Crippen molar-refractivity contribution < 1.29 is 13.6 Å². The number of hydrogen-bond donors (Lipinski definition) is 1. The topological polar surface area (TPSA) is 58.6 Å².